The molecule has 0 atom stereocenters. The topological polar surface area (TPSA) is 69.7 Å². The maximum Gasteiger partial charge on any atom is 0.374 e. The van der Waals surface area contributed by atoms with Crippen LogP contribution < -0.4 is 0 Å². The lowest BCUT2D eigenvalue weighted by Gasteiger charge is -2.00. The van der Waals surface area contributed by atoms with Crippen molar-refractivity contribution in [1.82, 2.24) is 0 Å². The van der Waals surface area contributed by atoms with E-state index in [0.717, 1.165) is 0 Å². The lowest BCUT2D eigenvalue weighted by atomic mass is 10.2. The minimum Gasteiger partial charge on any atom is -0.469 e. The van der Waals surface area contributed by atoms with Crippen molar-refractivity contribution in [1.29, 1.82) is 0 Å². The van der Waals surface area contributed by atoms with Gasteiger partial charge in [-0.3, -0.25) is 9.59 Å². The van der Waals surface area contributed by atoms with Crippen LogP contribution in [0.1, 0.15) is 26.2 Å². The summed E-state index contributed by atoms with van der Waals surface area (Å²) in [5.74, 6) is -1.82. The maximum absolute atomic E-state index is 11.0. The quantitative estimate of drug-likeness (QED) is 0.462. The van der Waals surface area contributed by atoms with E-state index in [-0.39, 0.29) is 25.4 Å². The Morgan fingerprint density at radius 3 is 2.29 bits per heavy atom. The molecule has 5 heteroatoms. The van der Waals surface area contributed by atoms with Gasteiger partial charge in [0.25, 0.3) is 0 Å². The Morgan fingerprint density at radius 1 is 1.14 bits per heavy atom. The Morgan fingerprint density at radius 2 is 1.79 bits per heavy atom. The number of carbonyl (C=O) groups is 3. The van der Waals surface area contributed by atoms with Gasteiger partial charge in [0.15, 0.2) is 0 Å². The Kier molecular flexibility index (Phi) is 6.36. The van der Waals surface area contributed by atoms with Gasteiger partial charge < -0.3 is 9.47 Å². The van der Waals surface area contributed by atoms with Crippen molar-refractivity contribution in [2.45, 2.75) is 26.2 Å². The molecule has 0 rings (SSSR count). The van der Waals surface area contributed by atoms with Gasteiger partial charge in [-0.2, -0.15) is 0 Å². The van der Waals surface area contributed by atoms with Crippen LogP contribution in [-0.4, -0.2) is 31.4 Å². The van der Waals surface area contributed by atoms with Crippen LogP contribution in [0.15, 0.2) is 0 Å². The van der Waals surface area contributed by atoms with Gasteiger partial charge in [0, 0.05) is 12.8 Å². The largest absolute Gasteiger partial charge is 0.469 e. The van der Waals surface area contributed by atoms with Crippen LogP contribution in [0, 0.1) is 0 Å². The highest BCUT2D eigenvalue weighted by Crippen LogP contribution is 1.99. The van der Waals surface area contributed by atoms with E-state index in [4.69, 9.17) is 0 Å². The second-order valence-corrected chi connectivity index (χ2v) is 2.57. The molecule has 0 aromatic carbocycles. The predicted molar refractivity (Wildman–Crippen MR) is 47.5 cm³/mol. The molecular weight excluding hydrogens is 188 g/mol. The van der Waals surface area contributed by atoms with Gasteiger partial charge in [-0.15, -0.1) is 0 Å². The van der Waals surface area contributed by atoms with Gasteiger partial charge in [-0.25, -0.2) is 4.79 Å². The highest BCUT2D eigenvalue weighted by Gasteiger charge is 2.14. The fraction of sp³-hybridized carbons (Fsp3) is 0.667. The monoisotopic (exact) mass is 202 g/mol. The first-order chi connectivity index (χ1) is 6.61. The first-order valence-electron chi connectivity index (χ1n) is 4.38. The van der Waals surface area contributed by atoms with E-state index in [9.17, 15) is 14.4 Å². The molecular formula is C9H14O5. The van der Waals surface area contributed by atoms with Crippen LogP contribution in [0.4, 0.5) is 0 Å². The molecule has 0 amide bonds. The summed E-state index contributed by atoms with van der Waals surface area (Å²) in [6, 6.07) is 0. The first-order valence-corrected chi connectivity index (χ1v) is 4.38. The SMILES string of the molecule is CCOC(=O)C(=O)CCCC(=O)OC. The van der Waals surface area contributed by atoms with Crippen LogP contribution in [0.5, 0.6) is 0 Å². The number of esters is 2. The van der Waals surface area contributed by atoms with E-state index in [1.165, 1.54) is 7.11 Å². The van der Waals surface area contributed by atoms with Crippen molar-refractivity contribution in [2.24, 2.45) is 0 Å². The number of methoxy groups -OCH3 is 1. The summed E-state index contributed by atoms with van der Waals surface area (Å²) >= 11 is 0. The van der Waals surface area contributed by atoms with Gasteiger partial charge in [0.2, 0.25) is 5.78 Å². The zero-order chi connectivity index (χ0) is 11.0. The molecule has 0 spiro atoms. The molecule has 0 aliphatic heterocycles. The Hall–Kier alpha value is -1.39. The number of Topliss-reactive ketones (excluding diaryl/α,β-unsaturated/α-hetero) is 1. The highest BCUT2D eigenvalue weighted by molar-refractivity contribution is 6.33. The summed E-state index contributed by atoms with van der Waals surface area (Å²) in [5.41, 5.74) is 0. The van der Waals surface area contributed by atoms with E-state index >= 15 is 0 Å². The molecule has 14 heavy (non-hydrogen) atoms. The van der Waals surface area contributed by atoms with Crippen molar-refractivity contribution in [3.63, 3.8) is 0 Å². The van der Waals surface area contributed by atoms with Crippen molar-refractivity contribution in [2.75, 3.05) is 13.7 Å². The number of rotatable bonds is 6. The van der Waals surface area contributed by atoms with E-state index in [0.29, 0.717) is 6.42 Å². The molecule has 0 aliphatic rings. The van der Waals surface area contributed by atoms with E-state index in [2.05, 4.69) is 9.47 Å². The molecule has 0 saturated heterocycles. The third-order valence-electron chi connectivity index (χ3n) is 1.52. The fourth-order valence-corrected chi connectivity index (χ4v) is 0.809. The number of hydrogen-bond donors (Lipinski definition) is 0. The van der Waals surface area contributed by atoms with Gasteiger partial charge in [0.05, 0.1) is 13.7 Å². The predicted octanol–water partition coefficient (Wildman–Crippen LogP) is 0.462. The molecule has 0 fully saturated rings. The van der Waals surface area contributed by atoms with Gasteiger partial charge in [-0.05, 0) is 13.3 Å². The molecule has 5 nitrogen and oxygen atoms in total. The zero-order valence-electron chi connectivity index (χ0n) is 8.37. The summed E-state index contributed by atoms with van der Waals surface area (Å²) in [5, 5.41) is 0. The Labute approximate surface area is 82.4 Å². The lowest BCUT2D eigenvalue weighted by molar-refractivity contribution is -0.153. The number of ether oxygens (including phenoxy) is 2. The van der Waals surface area contributed by atoms with E-state index in [1.807, 2.05) is 0 Å². The Balaban J connectivity index is 3.63. The third-order valence-corrected chi connectivity index (χ3v) is 1.52. The molecule has 0 aromatic heterocycles. The summed E-state index contributed by atoms with van der Waals surface area (Å²) in [6.45, 7) is 1.81. The minimum absolute atomic E-state index is 0.0218. The van der Waals surface area contributed by atoms with E-state index in [1.54, 1.807) is 6.92 Å². The van der Waals surface area contributed by atoms with Crippen LogP contribution in [0.2, 0.25) is 0 Å². The zero-order valence-corrected chi connectivity index (χ0v) is 8.37. The smallest absolute Gasteiger partial charge is 0.374 e. The normalized spacial score (nSPS) is 9.29. The molecule has 0 saturated carbocycles. The molecule has 0 radical (unpaired) electrons. The Bertz CT molecular complexity index is 221. The van der Waals surface area contributed by atoms with Crippen molar-refractivity contribution in [3.05, 3.63) is 0 Å². The number of carbonyl (C=O) groups excluding carboxylic acids is 3. The van der Waals surface area contributed by atoms with Gasteiger partial charge >= 0.3 is 11.9 Å². The summed E-state index contributed by atoms with van der Waals surface area (Å²) in [4.78, 5) is 32.4. The average molecular weight is 202 g/mol. The third kappa shape index (κ3) is 5.29. The van der Waals surface area contributed by atoms with Crippen molar-refractivity contribution >= 4 is 17.7 Å². The number of ketones is 1. The summed E-state index contributed by atoms with van der Waals surface area (Å²) < 4.78 is 8.86. The highest BCUT2D eigenvalue weighted by atomic mass is 16.5. The molecule has 0 aliphatic carbocycles. The minimum atomic E-state index is -0.836. The summed E-state index contributed by atoms with van der Waals surface area (Å²) in [7, 11) is 1.27. The molecule has 0 heterocycles. The van der Waals surface area contributed by atoms with Crippen LogP contribution in [-0.2, 0) is 23.9 Å². The molecule has 0 unspecified atom stereocenters. The molecule has 0 bridgehead atoms. The average Bonchev–Trinajstić information content (AvgIpc) is 2.17. The first kappa shape index (κ1) is 12.6. The second kappa shape index (κ2) is 7.06. The second-order valence-electron chi connectivity index (χ2n) is 2.57. The summed E-state index contributed by atoms with van der Waals surface area (Å²) in [6.07, 6.45) is 0.472. The van der Waals surface area contributed by atoms with Crippen LogP contribution in [0.25, 0.3) is 0 Å². The molecule has 80 valence electrons. The van der Waals surface area contributed by atoms with E-state index < -0.39 is 11.8 Å². The van der Waals surface area contributed by atoms with Crippen molar-refractivity contribution < 1.29 is 23.9 Å². The van der Waals surface area contributed by atoms with Crippen LogP contribution >= 0.6 is 0 Å². The molecule has 0 N–H and O–H groups in total. The van der Waals surface area contributed by atoms with Gasteiger partial charge in [-0.1, -0.05) is 0 Å². The standard InChI is InChI=1S/C9H14O5/c1-3-14-9(12)7(10)5-4-6-8(11)13-2/h3-6H2,1-2H3. The molecule has 0 aromatic rings. The fourth-order valence-electron chi connectivity index (χ4n) is 0.809. The van der Waals surface area contributed by atoms with Gasteiger partial charge in [0.1, 0.15) is 0 Å². The maximum atomic E-state index is 11.0. The van der Waals surface area contributed by atoms with Crippen molar-refractivity contribution in [3.8, 4) is 0 Å². The lowest BCUT2D eigenvalue weighted by Crippen LogP contribution is -2.17. The number of hydrogen-bond acceptors (Lipinski definition) is 5. The van der Waals surface area contributed by atoms with Crippen LogP contribution in [0.3, 0.4) is 0 Å².